The van der Waals surface area contributed by atoms with Gasteiger partial charge in [0.2, 0.25) is 5.91 Å². The number of carbonyl (C=O) groups is 1. The van der Waals surface area contributed by atoms with Crippen LogP contribution in [0.3, 0.4) is 0 Å². The smallest absolute Gasteiger partial charge is 0.241 e. The predicted octanol–water partition coefficient (Wildman–Crippen LogP) is 2.76. The molecule has 20 heavy (non-hydrogen) atoms. The van der Waals surface area contributed by atoms with Gasteiger partial charge in [-0.1, -0.05) is 30.3 Å². The van der Waals surface area contributed by atoms with E-state index >= 15 is 0 Å². The molecule has 106 valence electrons. The topological polar surface area (TPSA) is 55.1 Å². The molecule has 0 saturated heterocycles. The van der Waals surface area contributed by atoms with Crippen LogP contribution in [0.1, 0.15) is 5.56 Å². The first-order chi connectivity index (χ1) is 9.15. The molecule has 5 heteroatoms. The molecular weight excluding hydrogens is 279 g/mol. The van der Waals surface area contributed by atoms with Gasteiger partial charge in [0.25, 0.3) is 0 Å². The molecule has 0 fully saturated rings. The van der Waals surface area contributed by atoms with Gasteiger partial charge in [0.15, 0.2) is 0 Å². The number of halogens is 2. The van der Waals surface area contributed by atoms with Gasteiger partial charge in [0.1, 0.15) is 5.82 Å². The molecule has 3 nitrogen and oxygen atoms in total. The minimum absolute atomic E-state index is 0. The van der Waals surface area contributed by atoms with Crippen LogP contribution in [-0.2, 0) is 11.2 Å². The molecule has 0 heterocycles. The Kier molecular flexibility index (Phi) is 6.15. The van der Waals surface area contributed by atoms with Crippen LogP contribution in [0.25, 0.3) is 0 Å². The zero-order valence-corrected chi connectivity index (χ0v) is 11.6. The molecule has 0 saturated carbocycles. The van der Waals surface area contributed by atoms with E-state index in [0.29, 0.717) is 12.1 Å². The molecule has 0 aliphatic carbocycles. The van der Waals surface area contributed by atoms with Crippen LogP contribution in [0.4, 0.5) is 10.1 Å². The van der Waals surface area contributed by atoms with Crippen molar-refractivity contribution in [2.45, 2.75) is 12.5 Å². The first kappa shape index (κ1) is 16.1. The largest absolute Gasteiger partial charge is 0.325 e. The third-order valence-electron chi connectivity index (χ3n) is 2.75. The molecule has 2 aromatic carbocycles. The fourth-order valence-corrected chi connectivity index (χ4v) is 1.73. The normalized spacial score (nSPS) is 11.3. The predicted molar refractivity (Wildman–Crippen MR) is 80.4 cm³/mol. The Balaban J connectivity index is 0.00000200. The molecule has 2 rings (SSSR count). The summed E-state index contributed by atoms with van der Waals surface area (Å²) in [7, 11) is 0. The second-order valence-electron chi connectivity index (χ2n) is 4.29. The van der Waals surface area contributed by atoms with Gasteiger partial charge in [0.05, 0.1) is 6.04 Å². The van der Waals surface area contributed by atoms with Crippen molar-refractivity contribution in [2.24, 2.45) is 5.73 Å². The number of nitrogens with two attached hydrogens (primary N) is 1. The number of rotatable bonds is 4. The van der Waals surface area contributed by atoms with Crippen LogP contribution in [0.15, 0.2) is 54.6 Å². The van der Waals surface area contributed by atoms with Gasteiger partial charge in [-0.05, 0) is 36.2 Å². The zero-order valence-electron chi connectivity index (χ0n) is 10.8. The highest BCUT2D eigenvalue weighted by atomic mass is 35.5. The lowest BCUT2D eigenvalue weighted by molar-refractivity contribution is -0.117. The molecule has 0 bridgehead atoms. The van der Waals surface area contributed by atoms with E-state index in [0.717, 1.165) is 5.56 Å². The molecule has 3 N–H and O–H groups in total. The summed E-state index contributed by atoms with van der Waals surface area (Å²) in [6.45, 7) is 0. The highest BCUT2D eigenvalue weighted by Crippen LogP contribution is 2.09. The Morgan fingerprint density at radius 3 is 2.30 bits per heavy atom. The first-order valence-electron chi connectivity index (χ1n) is 6.01. The number of nitrogens with one attached hydrogen (secondary N) is 1. The van der Waals surface area contributed by atoms with E-state index in [4.69, 9.17) is 5.73 Å². The van der Waals surface area contributed by atoms with Crippen molar-refractivity contribution in [3.05, 3.63) is 66.0 Å². The number of carbonyl (C=O) groups excluding carboxylic acids is 1. The molecule has 1 atom stereocenters. The van der Waals surface area contributed by atoms with Crippen LogP contribution >= 0.6 is 12.4 Å². The summed E-state index contributed by atoms with van der Waals surface area (Å²) in [4.78, 5) is 11.9. The lowest BCUT2D eigenvalue weighted by Crippen LogP contribution is -2.37. The molecule has 0 aromatic heterocycles. The molecule has 0 aliphatic rings. The highest BCUT2D eigenvalue weighted by molar-refractivity contribution is 5.94. The molecule has 1 amide bonds. The number of amides is 1. The average molecular weight is 295 g/mol. The van der Waals surface area contributed by atoms with E-state index in [2.05, 4.69) is 5.32 Å². The van der Waals surface area contributed by atoms with Gasteiger partial charge < -0.3 is 11.1 Å². The van der Waals surface area contributed by atoms with Crippen molar-refractivity contribution >= 4 is 24.0 Å². The van der Waals surface area contributed by atoms with Crippen LogP contribution in [-0.4, -0.2) is 11.9 Å². The molecular formula is C15H16ClFN2O. The van der Waals surface area contributed by atoms with E-state index in [-0.39, 0.29) is 24.1 Å². The summed E-state index contributed by atoms with van der Waals surface area (Å²) in [6.07, 6.45) is 0.466. The quantitative estimate of drug-likeness (QED) is 0.911. The minimum atomic E-state index is -0.632. The maximum atomic E-state index is 12.7. The van der Waals surface area contributed by atoms with Gasteiger partial charge >= 0.3 is 0 Å². The highest BCUT2D eigenvalue weighted by Gasteiger charge is 2.14. The molecule has 0 spiro atoms. The van der Waals surface area contributed by atoms with Crippen molar-refractivity contribution in [3.63, 3.8) is 0 Å². The maximum absolute atomic E-state index is 12.7. The Hall–Kier alpha value is -1.91. The fourth-order valence-electron chi connectivity index (χ4n) is 1.73. The van der Waals surface area contributed by atoms with Crippen LogP contribution < -0.4 is 11.1 Å². The first-order valence-corrected chi connectivity index (χ1v) is 6.01. The van der Waals surface area contributed by atoms with E-state index in [1.807, 2.05) is 30.3 Å². The molecule has 0 radical (unpaired) electrons. The minimum Gasteiger partial charge on any atom is -0.325 e. The standard InChI is InChI=1S/C15H15FN2O.ClH/c16-12-6-8-13(9-7-12)18-15(19)14(17)10-11-4-2-1-3-5-11;/h1-9,14H,10,17H2,(H,18,19);1H. The Labute approximate surface area is 123 Å². The Morgan fingerprint density at radius 1 is 1.10 bits per heavy atom. The second kappa shape index (κ2) is 7.62. The van der Waals surface area contributed by atoms with Crippen molar-refractivity contribution in [3.8, 4) is 0 Å². The molecule has 0 aliphatic heterocycles. The Morgan fingerprint density at radius 2 is 1.70 bits per heavy atom. The van der Waals surface area contributed by atoms with Crippen LogP contribution in [0.5, 0.6) is 0 Å². The van der Waals surface area contributed by atoms with E-state index in [9.17, 15) is 9.18 Å². The summed E-state index contributed by atoms with van der Waals surface area (Å²) >= 11 is 0. The summed E-state index contributed by atoms with van der Waals surface area (Å²) < 4.78 is 12.7. The lowest BCUT2D eigenvalue weighted by atomic mass is 10.1. The monoisotopic (exact) mass is 294 g/mol. The van der Waals surface area contributed by atoms with Gasteiger partial charge in [-0.3, -0.25) is 4.79 Å². The van der Waals surface area contributed by atoms with Gasteiger partial charge in [-0.15, -0.1) is 12.4 Å². The zero-order chi connectivity index (χ0) is 13.7. The third-order valence-corrected chi connectivity index (χ3v) is 2.75. The van der Waals surface area contributed by atoms with E-state index in [1.54, 1.807) is 0 Å². The number of benzene rings is 2. The molecule has 2 aromatic rings. The fraction of sp³-hybridized carbons (Fsp3) is 0.133. The summed E-state index contributed by atoms with van der Waals surface area (Å²) in [6, 6.07) is 14.5. The van der Waals surface area contributed by atoms with E-state index in [1.165, 1.54) is 24.3 Å². The average Bonchev–Trinajstić information content (AvgIpc) is 2.42. The van der Waals surface area contributed by atoms with Gasteiger partial charge in [0, 0.05) is 5.69 Å². The summed E-state index contributed by atoms with van der Waals surface area (Å²) in [5.74, 6) is -0.623. The van der Waals surface area contributed by atoms with Gasteiger partial charge in [-0.2, -0.15) is 0 Å². The number of anilines is 1. The van der Waals surface area contributed by atoms with E-state index < -0.39 is 6.04 Å². The van der Waals surface area contributed by atoms with Crippen LogP contribution in [0, 0.1) is 5.82 Å². The van der Waals surface area contributed by atoms with Crippen molar-refractivity contribution in [2.75, 3.05) is 5.32 Å². The SMILES string of the molecule is Cl.NC(Cc1ccccc1)C(=O)Nc1ccc(F)cc1. The number of hydrogen-bond acceptors (Lipinski definition) is 2. The maximum Gasteiger partial charge on any atom is 0.241 e. The lowest BCUT2D eigenvalue weighted by Gasteiger charge is -2.12. The second-order valence-corrected chi connectivity index (χ2v) is 4.29. The summed E-state index contributed by atoms with van der Waals surface area (Å²) in [5, 5.41) is 2.66. The summed E-state index contributed by atoms with van der Waals surface area (Å²) in [5.41, 5.74) is 7.38. The van der Waals surface area contributed by atoms with Crippen molar-refractivity contribution < 1.29 is 9.18 Å². The molecule has 1 unspecified atom stereocenters. The Bertz CT molecular complexity index is 546. The van der Waals surface area contributed by atoms with Crippen molar-refractivity contribution in [1.29, 1.82) is 0 Å². The van der Waals surface area contributed by atoms with Gasteiger partial charge in [-0.25, -0.2) is 4.39 Å². The van der Waals surface area contributed by atoms with Crippen molar-refractivity contribution in [1.82, 2.24) is 0 Å². The van der Waals surface area contributed by atoms with Crippen LogP contribution in [0.2, 0.25) is 0 Å². The number of hydrogen-bond donors (Lipinski definition) is 2. The third kappa shape index (κ3) is 4.64.